The zero-order valence-electron chi connectivity index (χ0n) is 23.1. The summed E-state index contributed by atoms with van der Waals surface area (Å²) >= 11 is 7.97. The molecular formula is C28H31ClN8O3S. The second kappa shape index (κ2) is 11.9. The third-order valence-electron chi connectivity index (χ3n) is 7.12. The van der Waals surface area contributed by atoms with Crippen LogP contribution >= 0.6 is 22.9 Å². The summed E-state index contributed by atoms with van der Waals surface area (Å²) in [6.07, 6.45) is 9.94. The summed E-state index contributed by atoms with van der Waals surface area (Å²) in [4.78, 5) is 25.0. The van der Waals surface area contributed by atoms with Crippen LogP contribution in [0.5, 0.6) is 17.2 Å². The van der Waals surface area contributed by atoms with Gasteiger partial charge in [-0.1, -0.05) is 0 Å². The highest BCUT2D eigenvalue weighted by Crippen LogP contribution is 2.39. The first kappa shape index (κ1) is 27.3. The lowest BCUT2D eigenvalue weighted by molar-refractivity contribution is 0.152. The van der Waals surface area contributed by atoms with Crippen LogP contribution in [0.15, 0.2) is 47.6 Å². The van der Waals surface area contributed by atoms with E-state index in [0.29, 0.717) is 28.9 Å². The van der Waals surface area contributed by atoms with Gasteiger partial charge >= 0.3 is 0 Å². The first-order valence-electron chi connectivity index (χ1n) is 13.3. The normalized spacial score (nSPS) is 15.7. The molecule has 1 fully saturated rings. The van der Waals surface area contributed by atoms with Gasteiger partial charge in [0.2, 0.25) is 11.0 Å². The number of anilines is 2. The van der Waals surface area contributed by atoms with Crippen LogP contribution < -0.4 is 19.5 Å². The Morgan fingerprint density at radius 1 is 0.976 bits per heavy atom. The number of methoxy groups -OCH3 is 3. The van der Waals surface area contributed by atoms with Gasteiger partial charge in [0.05, 0.1) is 38.6 Å². The predicted octanol–water partition coefficient (Wildman–Crippen LogP) is 5.12. The Morgan fingerprint density at radius 3 is 2.44 bits per heavy atom. The van der Waals surface area contributed by atoms with Crippen molar-refractivity contribution >= 4 is 51.0 Å². The number of thiophene rings is 1. The molecule has 1 saturated heterocycles. The molecular weight excluding hydrogens is 564 g/mol. The summed E-state index contributed by atoms with van der Waals surface area (Å²) in [6.45, 7) is 4.76. The molecule has 2 aliphatic heterocycles. The quantitative estimate of drug-likeness (QED) is 0.264. The van der Waals surface area contributed by atoms with Crippen LogP contribution in [0.1, 0.15) is 17.7 Å². The van der Waals surface area contributed by atoms with Gasteiger partial charge in [0, 0.05) is 55.9 Å². The number of hydrogen-bond acceptors (Lipinski definition) is 11. The van der Waals surface area contributed by atoms with E-state index in [1.807, 2.05) is 29.1 Å². The fourth-order valence-electron chi connectivity index (χ4n) is 5.05. The minimum Gasteiger partial charge on any atom is -0.493 e. The molecule has 2 aliphatic rings. The number of aromatic nitrogens is 4. The van der Waals surface area contributed by atoms with Gasteiger partial charge in [-0.05, 0) is 36.6 Å². The van der Waals surface area contributed by atoms with Gasteiger partial charge in [-0.3, -0.25) is 4.90 Å². The van der Waals surface area contributed by atoms with Gasteiger partial charge in [0.1, 0.15) is 28.6 Å². The molecule has 1 N–H and O–H groups in total. The van der Waals surface area contributed by atoms with Gasteiger partial charge in [-0.2, -0.15) is 4.98 Å². The standard InChI is InChI=1S/C28H31ClN8O3S/c1-38-21-12-18(13-22(39-2)25(21)40-3)37-16-23(31-17-37)32-26-20-14-19(41-27(20)34-28(29)33-26)15-35-8-10-36(11-9-35)24-6-4-5-7-30-24/h6-7,12-14,16-17H,4-5,8-11,15H2,1-3H3,(H,32,33,34). The lowest BCUT2D eigenvalue weighted by atomic mass is 10.2. The highest BCUT2D eigenvalue weighted by Gasteiger charge is 2.21. The van der Waals surface area contributed by atoms with Crippen molar-refractivity contribution < 1.29 is 14.2 Å². The Hall–Kier alpha value is -3.87. The van der Waals surface area contributed by atoms with Crippen LogP contribution in [0.2, 0.25) is 5.28 Å². The minimum atomic E-state index is 0.187. The topological polar surface area (TPSA) is 102 Å². The maximum absolute atomic E-state index is 6.32. The number of nitrogens with zero attached hydrogens (tertiary/aromatic N) is 7. The van der Waals surface area contributed by atoms with Crippen LogP contribution in [0, 0.1) is 0 Å². The first-order chi connectivity index (χ1) is 20.0. The fourth-order valence-corrected chi connectivity index (χ4v) is 6.34. The number of halogens is 1. The number of nitrogens with one attached hydrogen (secondary N) is 1. The average Bonchev–Trinajstić information content (AvgIpc) is 3.64. The van der Waals surface area contributed by atoms with E-state index in [0.717, 1.165) is 67.3 Å². The largest absolute Gasteiger partial charge is 0.493 e. The second-order valence-corrected chi connectivity index (χ2v) is 11.1. The van der Waals surface area contributed by atoms with E-state index in [-0.39, 0.29) is 5.28 Å². The van der Waals surface area contributed by atoms with Crippen molar-refractivity contribution in [3.63, 3.8) is 0 Å². The first-order valence-corrected chi connectivity index (χ1v) is 14.5. The van der Waals surface area contributed by atoms with E-state index < -0.39 is 0 Å². The Kier molecular flexibility index (Phi) is 7.95. The highest BCUT2D eigenvalue weighted by atomic mass is 35.5. The molecule has 3 aromatic heterocycles. The molecule has 13 heteroatoms. The lowest BCUT2D eigenvalue weighted by Crippen LogP contribution is -2.45. The highest BCUT2D eigenvalue weighted by molar-refractivity contribution is 7.18. The zero-order chi connectivity index (χ0) is 28.3. The van der Waals surface area contributed by atoms with Crippen molar-refractivity contribution in [3.8, 4) is 22.9 Å². The van der Waals surface area contributed by atoms with E-state index in [2.05, 4.69) is 47.2 Å². The van der Waals surface area contributed by atoms with Gasteiger partial charge in [0.15, 0.2) is 11.5 Å². The third kappa shape index (κ3) is 5.81. The molecule has 0 radical (unpaired) electrons. The average molecular weight is 595 g/mol. The number of hydrogen-bond donors (Lipinski definition) is 1. The van der Waals surface area contributed by atoms with Gasteiger partial charge < -0.3 is 29.0 Å². The molecule has 1 aromatic carbocycles. The second-order valence-electron chi connectivity index (χ2n) is 9.66. The molecule has 0 spiro atoms. The number of ether oxygens (including phenoxy) is 3. The summed E-state index contributed by atoms with van der Waals surface area (Å²) < 4.78 is 18.3. The van der Waals surface area contributed by atoms with Crippen LogP contribution in [0.25, 0.3) is 15.9 Å². The monoisotopic (exact) mass is 594 g/mol. The molecule has 0 atom stereocenters. The molecule has 4 aromatic rings. The molecule has 0 unspecified atom stereocenters. The lowest BCUT2D eigenvalue weighted by Gasteiger charge is -2.36. The van der Waals surface area contributed by atoms with E-state index in [1.165, 1.54) is 4.88 Å². The number of imidazole rings is 1. The van der Waals surface area contributed by atoms with Crippen molar-refractivity contribution in [2.45, 2.75) is 19.4 Å². The molecule has 0 amide bonds. The zero-order valence-corrected chi connectivity index (χ0v) is 24.7. The minimum absolute atomic E-state index is 0.187. The molecule has 5 heterocycles. The predicted molar refractivity (Wildman–Crippen MR) is 162 cm³/mol. The summed E-state index contributed by atoms with van der Waals surface area (Å²) in [5.74, 6) is 3.98. The van der Waals surface area contributed by atoms with Crippen molar-refractivity contribution in [2.75, 3.05) is 52.8 Å². The summed E-state index contributed by atoms with van der Waals surface area (Å²) in [5.41, 5.74) is 0.801. The van der Waals surface area contributed by atoms with Crippen molar-refractivity contribution in [1.29, 1.82) is 0 Å². The molecule has 0 saturated carbocycles. The van der Waals surface area contributed by atoms with Crippen molar-refractivity contribution in [1.82, 2.24) is 29.3 Å². The van der Waals surface area contributed by atoms with Gasteiger partial charge in [-0.25, -0.2) is 15.0 Å². The Bertz CT molecular complexity index is 1580. The number of allylic oxidation sites excluding steroid dienone is 1. The van der Waals surface area contributed by atoms with E-state index in [9.17, 15) is 0 Å². The molecule has 6 rings (SSSR count). The van der Waals surface area contributed by atoms with Crippen LogP contribution in [0.3, 0.4) is 0 Å². The van der Waals surface area contributed by atoms with E-state index >= 15 is 0 Å². The summed E-state index contributed by atoms with van der Waals surface area (Å²) in [5, 5.41) is 4.43. The van der Waals surface area contributed by atoms with Crippen LogP contribution in [-0.2, 0) is 6.54 Å². The fraction of sp³-hybridized carbons (Fsp3) is 0.357. The van der Waals surface area contributed by atoms with E-state index in [1.54, 1.807) is 39.0 Å². The van der Waals surface area contributed by atoms with Gasteiger partial charge in [-0.15, -0.1) is 11.3 Å². The maximum Gasteiger partial charge on any atom is 0.225 e. The molecule has 0 bridgehead atoms. The smallest absolute Gasteiger partial charge is 0.225 e. The summed E-state index contributed by atoms with van der Waals surface area (Å²) in [6, 6.07) is 5.86. The number of piperazine rings is 1. The molecule has 41 heavy (non-hydrogen) atoms. The maximum atomic E-state index is 6.32. The Morgan fingerprint density at radius 2 is 1.76 bits per heavy atom. The number of rotatable bonds is 9. The number of aliphatic imine (C=N–C) groups is 1. The Balaban J connectivity index is 1.18. The SMILES string of the molecule is COc1cc(-n2cnc(Nc3nc(Cl)nc4sc(CN5CCN(C6=CCCC=N6)CC5)cc34)c2)cc(OC)c1OC. The van der Waals surface area contributed by atoms with E-state index in [4.69, 9.17) is 25.8 Å². The third-order valence-corrected chi connectivity index (χ3v) is 8.30. The molecule has 214 valence electrons. The van der Waals surface area contributed by atoms with Crippen LogP contribution in [-0.4, -0.2) is 83.0 Å². The molecule has 0 aliphatic carbocycles. The van der Waals surface area contributed by atoms with Gasteiger partial charge in [0.25, 0.3) is 0 Å². The molecule has 11 nitrogen and oxygen atoms in total. The Labute approximate surface area is 247 Å². The number of fused-ring (bicyclic) bond motifs is 1. The number of benzene rings is 1. The van der Waals surface area contributed by atoms with Crippen molar-refractivity contribution in [3.05, 3.63) is 52.8 Å². The van der Waals surface area contributed by atoms with Crippen LogP contribution in [0.4, 0.5) is 11.6 Å². The van der Waals surface area contributed by atoms with Crippen molar-refractivity contribution in [2.24, 2.45) is 4.99 Å². The summed E-state index contributed by atoms with van der Waals surface area (Å²) in [7, 11) is 4.76.